The molecule has 1 amide bonds. The fourth-order valence-corrected chi connectivity index (χ4v) is 3.83. The normalized spacial score (nSPS) is 11.2. The van der Waals surface area contributed by atoms with E-state index >= 15 is 0 Å². The first-order chi connectivity index (χ1) is 13.9. The zero-order chi connectivity index (χ0) is 21.4. The molecule has 0 aromatic heterocycles. The lowest BCUT2D eigenvalue weighted by atomic mass is 10.1. The Bertz CT molecular complexity index is 533. The molecule has 1 aromatic rings. The van der Waals surface area contributed by atoms with Gasteiger partial charge in [0.15, 0.2) is 0 Å². The third-order valence-corrected chi connectivity index (χ3v) is 5.91. The zero-order valence-corrected chi connectivity index (χ0v) is 21.9. The van der Waals surface area contributed by atoms with Crippen LogP contribution in [0, 0.1) is 0 Å². The molecule has 0 radical (unpaired) electrons. The van der Waals surface area contributed by atoms with Gasteiger partial charge >= 0.3 is 0 Å². The zero-order valence-electron chi connectivity index (χ0n) is 20.2. The minimum atomic E-state index is 0. The van der Waals surface area contributed by atoms with Crippen LogP contribution in [0.25, 0.3) is 0 Å². The standard InChI is InChI=1S/C26H47N2O.BrH/c1-5-6-7-8-9-10-11-12-13-14-18-21-26(29)27(2)22-23-28(3,4)24-25-19-16-15-17-20-25;/h15-17,19-20H,5-14,18,21-24H2,1-4H3;1H/q+1;. The third kappa shape index (κ3) is 15.0. The number of quaternary nitrogens is 1. The van der Waals surface area contributed by atoms with Crippen LogP contribution in [0.2, 0.25) is 0 Å². The minimum absolute atomic E-state index is 0. The van der Waals surface area contributed by atoms with Crippen LogP contribution in [0.5, 0.6) is 0 Å². The summed E-state index contributed by atoms with van der Waals surface area (Å²) in [6.45, 7) is 5.09. The van der Waals surface area contributed by atoms with Crippen LogP contribution in [-0.4, -0.2) is 49.5 Å². The van der Waals surface area contributed by atoms with Crippen molar-refractivity contribution in [3.63, 3.8) is 0 Å². The molecule has 0 atom stereocenters. The van der Waals surface area contributed by atoms with E-state index in [2.05, 4.69) is 51.4 Å². The number of unbranched alkanes of at least 4 members (excludes halogenated alkanes) is 10. The van der Waals surface area contributed by atoms with Crippen molar-refractivity contribution in [2.75, 3.05) is 34.2 Å². The number of likely N-dealkylation sites (N-methyl/N-ethyl adjacent to an activating group) is 2. The van der Waals surface area contributed by atoms with Crippen LogP contribution in [-0.2, 0) is 11.3 Å². The highest BCUT2D eigenvalue weighted by Gasteiger charge is 2.18. The number of halogens is 1. The second kappa shape index (κ2) is 17.8. The number of hydrogen-bond acceptors (Lipinski definition) is 1. The van der Waals surface area contributed by atoms with E-state index in [1.807, 2.05) is 11.9 Å². The molecule has 0 aliphatic carbocycles. The summed E-state index contributed by atoms with van der Waals surface area (Å²) < 4.78 is 0.903. The highest BCUT2D eigenvalue weighted by atomic mass is 79.9. The van der Waals surface area contributed by atoms with Gasteiger partial charge in [-0.2, -0.15) is 0 Å². The number of carbonyl (C=O) groups excluding carboxylic acids is 1. The molecule has 0 saturated heterocycles. The number of nitrogens with zero attached hydrogens (tertiary/aromatic N) is 2. The van der Waals surface area contributed by atoms with E-state index in [4.69, 9.17) is 0 Å². The Hall–Kier alpha value is -0.870. The maximum Gasteiger partial charge on any atom is 0.222 e. The number of amides is 1. The Morgan fingerprint density at radius 2 is 1.33 bits per heavy atom. The van der Waals surface area contributed by atoms with Crippen molar-refractivity contribution in [2.24, 2.45) is 0 Å². The second-order valence-corrected chi connectivity index (χ2v) is 9.40. The lowest BCUT2D eigenvalue weighted by Gasteiger charge is -2.32. The van der Waals surface area contributed by atoms with Crippen LogP contribution in [0.3, 0.4) is 0 Å². The molecule has 0 N–H and O–H groups in total. The van der Waals surface area contributed by atoms with Crippen LogP contribution >= 0.6 is 17.0 Å². The Kier molecular flexibility index (Phi) is 17.3. The number of benzene rings is 1. The molecule has 4 heteroatoms. The summed E-state index contributed by atoms with van der Waals surface area (Å²) in [6.07, 6.45) is 15.3. The molecule has 0 spiro atoms. The molecule has 0 fully saturated rings. The average Bonchev–Trinajstić information content (AvgIpc) is 2.70. The first kappa shape index (κ1) is 29.1. The largest absolute Gasteiger partial charge is 0.340 e. The van der Waals surface area contributed by atoms with Gasteiger partial charge in [0.25, 0.3) is 0 Å². The predicted octanol–water partition coefficient (Wildman–Crippen LogP) is 7.00. The molecule has 3 nitrogen and oxygen atoms in total. The van der Waals surface area contributed by atoms with Gasteiger partial charge in [0.1, 0.15) is 6.54 Å². The van der Waals surface area contributed by atoms with Crippen molar-refractivity contribution < 1.29 is 9.28 Å². The van der Waals surface area contributed by atoms with Crippen molar-refractivity contribution in [3.05, 3.63) is 35.9 Å². The molecule has 0 unspecified atom stereocenters. The quantitative estimate of drug-likeness (QED) is 0.172. The van der Waals surface area contributed by atoms with Gasteiger partial charge in [0, 0.05) is 19.0 Å². The van der Waals surface area contributed by atoms with E-state index in [-0.39, 0.29) is 17.0 Å². The van der Waals surface area contributed by atoms with Crippen LogP contribution < -0.4 is 0 Å². The highest BCUT2D eigenvalue weighted by molar-refractivity contribution is 8.93. The number of hydrogen-bond donors (Lipinski definition) is 0. The second-order valence-electron chi connectivity index (χ2n) is 9.40. The SMILES string of the molecule is Br.CCCCCCCCCCCCCC(=O)N(C)CC[N+](C)(C)Cc1ccccc1. The van der Waals surface area contributed by atoms with Gasteiger partial charge in [-0.3, -0.25) is 4.79 Å². The number of carbonyl (C=O) groups is 1. The highest BCUT2D eigenvalue weighted by Crippen LogP contribution is 2.13. The van der Waals surface area contributed by atoms with Crippen molar-refractivity contribution in [1.29, 1.82) is 0 Å². The van der Waals surface area contributed by atoms with Crippen molar-refractivity contribution >= 4 is 22.9 Å². The van der Waals surface area contributed by atoms with Gasteiger partial charge in [-0.25, -0.2) is 0 Å². The van der Waals surface area contributed by atoms with E-state index in [1.165, 1.54) is 69.8 Å². The van der Waals surface area contributed by atoms with E-state index in [0.29, 0.717) is 12.3 Å². The van der Waals surface area contributed by atoms with Crippen LogP contribution in [0.4, 0.5) is 0 Å². The fourth-order valence-electron chi connectivity index (χ4n) is 3.83. The molecule has 0 heterocycles. The molecule has 0 aliphatic heterocycles. The third-order valence-electron chi connectivity index (χ3n) is 5.91. The molecule has 0 bridgehead atoms. The van der Waals surface area contributed by atoms with Crippen molar-refractivity contribution in [3.8, 4) is 0 Å². The molecule has 0 aliphatic rings. The topological polar surface area (TPSA) is 20.3 Å². The van der Waals surface area contributed by atoms with E-state index in [9.17, 15) is 4.79 Å². The Labute approximate surface area is 197 Å². The van der Waals surface area contributed by atoms with E-state index in [1.54, 1.807) is 0 Å². The van der Waals surface area contributed by atoms with Gasteiger partial charge in [-0.15, -0.1) is 17.0 Å². The monoisotopic (exact) mass is 483 g/mol. The minimum Gasteiger partial charge on any atom is -0.340 e. The Morgan fingerprint density at radius 3 is 1.87 bits per heavy atom. The van der Waals surface area contributed by atoms with Gasteiger partial charge in [0.05, 0.1) is 27.2 Å². The van der Waals surface area contributed by atoms with Gasteiger partial charge in [-0.1, -0.05) is 101 Å². The van der Waals surface area contributed by atoms with E-state index < -0.39 is 0 Å². The Morgan fingerprint density at radius 1 is 0.833 bits per heavy atom. The summed E-state index contributed by atoms with van der Waals surface area (Å²) in [4.78, 5) is 14.3. The molecule has 174 valence electrons. The molecular weight excluding hydrogens is 436 g/mol. The summed E-state index contributed by atoms with van der Waals surface area (Å²) in [5.74, 6) is 0.306. The van der Waals surface area contributed by atoms with Crippen LogP contribution in [0.1, 0.15) is 89.5 Å². The summed E-state index contributed by atoms with van der Waals surface area (Å²) >= 11 is 0. The smallest absolute Gasteiger partial charge is 0.222 e. The summed E-state index contributed by atoms with van der Waals surface area (Å²) in [6, 6.07) is 10.6. The molecule has 1 rings (SSSR count). The van der Waals surface area contributed by atoms with E-state index in [0.717, 1.165) is 30.5 Å². The molecular formula is C26H48BrN2O+. The summed E-state index contributed by atoms with van der Waals surface area (Å²) in [5.41, 5.74) is 1.35. The molecule has 30 heavy (non-hydrogen) atoms. The predicted molar refractivity (Wildman–Crippen MR) is 136 cm³/mol. The van der Waals surface area contributed by atoms with Gasteiger partial charge in [-0.05, 0) is 6.42 Å². The average molecular weight is 485 g/mol. The van der Waals surface area contributed by atoms with Gasteiger partial charge in [0.2, 0.25) is 5.91 Å². The summed E-state index contributed by atoms with van der Waals surface area (Å²) in [5, 5.41) is 0. The van der Waals surface area contributed by atoms with Gasteiger partial charge < -0.3 is 9.38 Å². The first-order valence-corrected chi connectivity index (χ1v) is 12.0. The maximum absolute atomic E-state index is 12.4. The lowest BCUT2D eigenvalue weighted by Crippen LogP contribution is -2.45. The molecule has 1 aromatic carbocycles. The Balaban J connectivity index is 0.00000841. The van der Waals surface area contributed by atoms with Crippen LogP contribution in [0.15, 0.2) is 30.3 Å². The molecule has 0 saturated carbocycles. The first-order valence-electron chi connectivity index (χ1n) is 12.0. The fraction of sp³-hybridized carbons (Fsp3) is 0.731. The summed E-state index contributed by atoms with van der Waals surface area (Å²) in [7, 11) is 6.45. The van der Waals surface area contributed by atoms with Crippen molar-refractivity contribution in [1.82, 2.24) is 4.90 Å². The number of rotatable bonds is 17. The van der Waals surface area contributed by atoms with Crippen molar-refractivity contribution in [2.45, 2.75) is 90.5 Å². The lowest BCUT2D eigenvalue weighted by molar-refractivity contribution is -0.903. The maximum atomic E-state index is 12.4.